The molecule has 0 aliphatic heterocycles. The number of aryl methyl sites for hydroxylation is 1. The zero-order valence-electron chi connectivity index (χ0n) is 13.0. The van der Waals surface area contributed by atoms with Gasteiger partial charge in [-0.15, -0.1) is 0 Å². The molecule has 0 bridgehead atoms. The molecule has 1 aromatic rings. The Hall–Kier alpha value is -1.55. The molecule has 0 heterocycles. The van der Waals surface area contributed by atoms with Crippen molar-refractivity contribution in [1.29, 1.82) is 0 Å². The molecule has 0 spiro atoms. The van der Waals surface area contributed by atoms with Crippen molar-refractivity contribution in [2.75, 3.05) is 26.7 Å². The van der Waals surface area contributed by atoms with Gasteiger partial charge in [-0.3, -0.25) is 4.90 Å². The molecule has 1 unspecified atom stereocenters. The van der Waals surface area contributed by atoms with Gasteiger partial charge in [-0.05, 0) is 31.0 Å². The average molecular weight is 278 g/mol. The molecule has 4 heteroatoms. The zero-order valence-corrected chi connectivity index (χ0v) is 13.0. The smallest absolute Gasteiger partial charge is 0.406 e. The molecule has 20 heavy (non-hydrogen) atoms. The molecule has 112 valence electrons. The molecule has 1 atom stereocenters. The molecule has 0 fully saturated rings. The minimum absolute atomic E-state index is 0.339. The maximum atomic E-state index is 11.1. The second-order valence-electron chi connectivity index (χ2n) is 4.82. The lowest BCUT2D eigenvalue weighted by molar-refractivity contribution is 0.165. The number of carbonyl (C=O) groups excluding carboxylic acids is 1. The minimum atomic E-state index is -0.373. The zero-order chi connectivity index (χ0) is 15.0. The second kappa shape index (κ2) is 8.59. The SMILES string of the molecule is CCc1cccc(C(C)N(CC)CCNC(=O)OC)c1. The highest BCUT2D eigenvalue weighted by molar-refractivity contribution is 5.66. The van der Waals surface area contributed by atoms with E-state index in [2.05, 4.69) is 60.0 Å². The fourth-order valence-corrected chi connectivity index (χ4v) is 2.28. The van der Waals surface area contributed by atoms with Crippen LogP contribution in [0.25, 0.3) is 0 Å². The predicted molar refractivity (Wildman–Crippen MR) is 81.9 cm³/mol. The van der Waals surface area contributed by atoms with Crippen molar-refractivity contribution in [3.05, 3.63) is 35.4 Å². The van der Waals surface area contributed by atoms with Crippen LogP contribution >= 0.6 is 0 Å². The summed E-state index contributed by atoms with van der Waals surface area (Å²) < 4.78 is 4.57. The fraction of sp³-hybridized carbons (Fsp3) is 0.562. The van der Waals surface area contributed by atoms with Crippen LogP contribution in [0.4, 0.5) is 4.79 Å². The monoisotopic (exact) mass is 278 g/mol. The van der Waals surface area contributed by atoms with Crippen molar-refractivity contribution in [2.24, 2.45) is 0 Å². The van der Waals surface area contributed by atoms with E-state index in [4.69, 9.17) is 0 Å². The number of hydrogen-bond acceptors (Lipinski definition) is 3. The third kappa shape index (κ3) is 4.85. The van der Waals surface area contributed by atoms with Crippen LogP contribution in [0, 0.1) is 0 Å². The van der Waals surface area contributed by atoms with E-state index in [9.17, 15) is 4.79 Å². The lowest BCUT2D eigenvalue weighted by Gasteiger charge is -2.28. The first-order chi connectivity index (χ1) is 9.62. The lowest BCUT2D eigenvalue weighted by atomic mass is 10.0. The predicted octanol–water partition coefficient (Wildman–Crippen LogP) is 2.99. The number of nitrogens with one attached hydrogen (secondary N) is 1. The molecule has 0 aliphatic rings. The largest absolute Gasteiger partial charge is 0.453 e. The van der Waals surface area contributed by atoms with Crippen LogP contribution in [-0.4, -0.2) is 37.7 Å². The molecule has 0 aromatic heterocycles. The van der Waals surface area contributed by atoms with E-state index in [0.29, 0.717) is 12.6 Å². The fourth-order valence-electron chi connectivity index (χ4n) is 2.28. The van der Waals surface area contributed by atoms with Gasteiger partial charge in [0.15, 0.2) is 0 Å². The first kappa shape index (κ1) is 16.5. The van der Waals surface area contributed by atoms with Crippen LogP contribution in [0.15, 0.2) is 24.3 Å². The number of nitrogens with zero attached hydrogens (tertiary/aromatic N) is 1. The number of alkyl carbamates (subject to hydrolysis) is 1. The molecule has 0 saturated carbocycles. The summed E-state index contributed by atoms with van der Waals surface area (Å²) in [6.45, 7) is 8.86. The molecule has 1 N–H and O–H groups in total. The van der Waals surface area contributed by atoms with Crippen LogP contribution in [0.3, 0.4) is 0 Å². The van der Waals surface area contributed by atoms with Crippen molar-refractivity contribution in [3.8, 4) is 0 Å². The molecule has 4 nitrogen and oxygen atoms in total. The van der Waals surface area contributed by atoms with E-state index in [1.165, 1.54) is 18.2 Å². The van der Waals surface area contributed by atoms with E-state index < -0.39 is 0 Å². The molecule has 1 amide bonds. The Morgan fingerprint density at radius 1 is 1.40 bits per heavy atom. The summed E-state index contributed by atoms with van der Waals surface area (Å²) in [6, 6.07) is 9.04. The number of carbonyl (C=O) groups is 1. The van der Waals surface area contributed by atoms with Gasteiger partial charge < -0.3 is 10.1 Å². The van der Waals surface area contributed by atoms with Gasteiger partial charge in [0, 0.05) is 19.1 Å². The van der Waals surface area contributed by atoms with Gasteiger partial charge in [-0.1, -0.05) is 38.1 Å². The van der Waals surface area contributed by atoms with Gasteiger partial charge in [0.05, 0.1) is 7.11 Å². The van der Waals surface area contributed by atoms with Gasteiger partial charge in [-0.2, -0.15) is 0 Å². The molecule has 0 saturated heterocycles. The number of hydrogen-bond donors (Lipinski definition) is 1. The van der Waals surface area contributed by atoms with Crippen LogP contribution in [0.5, 0.6) is 0 Å². The molecular formula is C16H26N2O2. The Kier molecular flexibility index (Phi) is 7.09. The van der Waals surface area contributed by atoms with E-state index in [-0.39, 0.29) is 6.09 Å². The van der Waals surface area contributed by atoms with Crippen molar-refractivity contribution in [2.45, 2.75) is 33.2 Å². The highest BCUT2D eigenvalue weighted by atomic mass is 16.5. The van der Waals surface area contributed by atoms with Crippen molar-refractivity contribution >= 4 is 6.09 Å². The quantitative estimate of drug-likeness (QED) is 0.833. The second-order valence-corrected chi connectivity index (χ2v) is 4.82. The van der Waals surface area contributed by atoms with E-state index in [0.717, 1.165) is 19.5 Å². The lowest BCUT2D eigenvalue weighted by Crippen LogP contribution is -2.36. The Morgan fingerprint density at radius 3 is 2.75 bits per heavy atom. The highest BCUT2D eigenvalue weighted by Gasteiger charge is 2.14. The highest BCUT2D eigenvalue weighted by Crippen LogP contribution is 2.20. The number of methoxy groups -OCH3 is 1. The number of amides is 1. The summed E-state index contributed by atoms with van der Waals surface area (Å²) in [4.78, 5) is 13.4. The van der Waals surface area contributed by atoms with E-state index in [1.54, 1.807) is 0 Å². The van der Waals surface area contributed by atoms with E-state index in [1.807, 2.05) is 0 Å². The average Bonchev–Trinajstić information content (AvgIpc) is 2.50. The maximum absolute atomic E-state index is 11.1. The Balaban J connectivity index is 2.61. The third-order valence-electron chi connectivity index (χ3n) is 3.65. The summed E-state index contributed by atoms with van der Waals surface area (Å²) >= 11 is 0. The van der Waals surface area contributed by atoms with Gasteiger partial charge in [0.1, 0.15) is 0 Å². The first-order valence-corrected chi connectivity index (χ1v) is 7.27. The Bertz CT molecular complexity index is 421. The van der Waals surface area contributed by atoms with Gasteiger partial charge in [0.2, 0.25) is 0 Å². The third-order valence-corrected chi connectivity index (χ3v) is 3.65. The standard InChI is InChI=1S/C16H26N2O2/c1-5-14-8-7-9-15(12-14)13(3)18(6-2)11-10-17-16(19)20-4/h7-9,12-13H,5-6,10-11H2,1-4H3,(H,17,19). The molecule has 0 aliphatic carbocycles. The maximum Gasteiger partial charge on any atom is 0.406 e. The number of ether oxygens (including phenoxy) is 1. The van der Waals surface area contributed by atoms with Crippen LogP contribution in [0.2, 0.25) is 0 Å². The number of benzene rings is 1. The first-order valence-electron chi connectivity index (χ1n) is 7.27. The molecule has 1 rings (SSSR count). The summed E-state index contributed by atoms with van der Waals surface area (Å²) in [5, 5.41) is 2.72. The molecule has 1 aromatic carbocycles. The summed E-state index contributed by atoms with van der Waals surface area (Å²) in [6.07, 6.45) is 0.679. The minimum Gasteiger partial charge on any atom is -0.453 e. The summed E-state index contributed by atoms with van der Waals surface area (Å²) in [7, 11) is 1.38. The van der Waals surface area contributed by atoms with E-state index >= 15 is 0 Å². The summed E-state index contributed by atoms with van der Waals surface area (Å²) in [5.74, 6) is 0. The van der Waals surface area contributed by atoms with Crippen molar-refractivity contribution in [3.63, 3.8) is 0 Å². The molecular weight excluding hydrogens is 252 g/mol. The van der Waals surface area contributed by atoms with Crippen molar-refractivity contribution < 1.29 is 9.53 Å². The number of likely N-dealkylation sites (N-methyl/N-ethyl adjacent to an activating group) is 1. The Morgan fingerprint density at radius 2 is 2.15 bits per heavy atom. The van der Waals surface area contributed by atoms with Gasteiger partial charge in [0.25, 0.3) is 0 Å². The molecule has 0 radical (unpaired) electrons. The normalized spacial score (nSPS) is 12.2. The van der Waals surface area contributed by atoms with Gasteiger partial charge in [-0.25, -0.2) is 4.79 Å². The topological polar surface area (TPSA) is 41.6 Å². The van der Waals surface area contributed by atoms with Crippen LogP contribution < -0.4 is 5.32 Å². The van der Waals surface area contributed by atoms with Crippen LogP contribution in [0.1, 0.15) is 37.9 Å². The van der Waals surface area contributed by atoms with Crippen molar-refractivity contribution in [1.82, 2.24) is 10.2 Å². The Labute approximate surface area is 122 Å². The summed E-state index contributed by atoms with van der Waals surface area (Å²) in [5.41, 5.74) is 2.68. The van der Waals surface area contributed by atoms with Crippen LogP contribution in [-0.2, 0) is 11.2 Å². The number of rotatable bonds is 7. The van der Waals surface area contributed by atoms with Gasteiger partial charge >= 0.3 is 6.09 Å².